The van der Waals surface area contributed by atoms with Crippen LogP contribution in [0.15, 0.2) is 64.6 Å². The van der Waals surface area contributed by atoms with Crippen molar-refractivity contribution in [2.24, 2.45) is 5.10 Å². The summed E-state index contributed by atoms with van der Waals surface area (Å²) < 4.78 is 2.19. The van der Waals surface area contributed by atoms with Gasteiger partial charge in [0.1, 0.15) is 0 Å². The van der Waals surface area contributed by atoms with Gasteiger partial charge in [-0.25, -0.2) is 5.43 Å². The predicted octanol–water partition coefficient (Wildman–Crippen LogP) is 5.30. The monoisotopic (exact) mass is 411 g/mol. The number of nitrogens with zero attached hydrogens (tertiary/aromatic N) is 2. The lowest BCUT2D eigenvalue weighted by atomic mass is 10.2. The Balaban J connectivity index is 1.62. The molecule has 1 heterocycles. The van der Waals surface area contributed by atoms with Crippen LogP contribution in [0.3, 0.4) is 0 Å². The van der Waals surface area contributed by atoms with Gasteiger partial charge in [0.2, 0.25) is 5.91 Å². The fourth-order valence-electron chi connectivity index (χ4n) is 2.97. The minimum Gasteiger partial charge on any atom is -0.318 e. The van der Waals surface area contributed by atoms with Gasteiger partial charge in [0.05, 0.1) is 12.0 Å². The molecule has 1 aromatic heterocycles. The van der Waals surface area contributed by atoms with Crippen molar-refractivity contribution < 1.29 is 4.79 Å². The van der Waals surface area contributed by atoms with Crippen LogP contribution in [-0.4, -0.2) is 22.4 Å². The number of rotatable bonds is 6. The standard InChI is InChI=1S/C22H22ClN3OS/c1-15-5-4-6-20(11-15)26-16(2)12-18(17(26)3)13-24-25-22(27)14-28-21-9-7-19(23)8-10-21/h4-13H,14H2,1-3H3,(H,25,27)/b24-13-. The van der Waals surface area contributed by atoms with E-state index in [2.05, 4.69) is 66.2 Å². The van der Waals surface area contributed by atoms with Gasteiger partial charge >= 0.3 is 0 Å². The number of hydrazone groups is 1. The van der Waals surface area contributed by atoms with Crippen LogP contribution in [0, 0.1) is 20.8 Å². The van der Waals surface area contributed by atoms with Gasteiger partial charge in [-0.3, -0.25) is 4.79 Å². The van der Waals surface area contributed by atoms with Crippen molar-refractivity contribution in [3.8, 4) is 5.69 Å². The van der Waals surface area contributed by atoms with E-state index in [1.54, 1.807) is 6.21 Å². The first-order valence-electron chi connectivity index (χ1n) is 8.90. The fraction of sp³-hybridized carbons (Fsp3) is 0.182. The lowest BCUT2D eigenvalue weighted by Gasteiger charge is -2.10. The SMILES string of the molecule is Cc1cccc(-n2c(C)cc(/C=N\NC(=O)CSc3ccc(Cl)cc3)c2C)c1. The van der Waals surface area contributed by atoms with Crippen molar-refractivity contribution in [3.63, 3.8) is 0 Å². The second-order valence-electron chi connectivity index (χ2n) is 6.54. The van der Waals surface area contributed by atoms with Crippen molar-refractivity contribution in [2.75, 3.05) is 5.75 Å². The van der Waals surface area contributed by atoms with Crippen molar-refractivity contribution in [1.82, 2.24) is 9.99 Å². The summed E-state index contributed by atoms with van der Waals surface area (Å²) >= 11 is 7.31. The summed E-state index contributed by atoms with van der Waals surface area (Å²) in [4.78, 5) is 13.0. The van der Waals surface area contributed by atoms with Gasteiger partial charge in [0, 0.05) is 32.6 Å². The van der Waals surface area contributed by atoms with E-state index in [-0.39, 0.29) is 5.91 Å². The Morgan fingerprint density at radius 1 is 1.14 bits per heavy atom. The number of aromatic nitrogens is 1. The molecule has 1 N–H and O–H groups in total. The van der Waals surface area contributed by atoms with E-state index < -0.39 is 0 Å². The van der Waals surface area contributed by atoms with Crippen LogP contribution in [-0.2, 0) is 4.79 Å². The maximum absolute atomic E-state index is 12.0. The van der Waals surface area contributed by atoms with Gasteiger partial charge in [-0.2, -0.15) is 5.10 Å². The summed E-state index contributed by atoms with van der Waals surface area (Å²) in [6.07, 6.45) is 1.69. The second kappa shape index (κ2) is 9.13. The third-order valence-corrected chi connectivity index (χ3v) is 5.57. The zero-order valence-electron chi connectivity index (χ0n) is 16.1. The van der Waals surface area contributed by atoms with E-state index in [1.165, 1.54) is 17.3 Å². The van der Waals surface area contributed by atoms with Crippen LogP contribution in [0.4, 0.5) is 0 Å². The number of carbonyl (C=O) groups is 1. The summed E-state index contributed by atoms with van der Waals surface area (Å²) in [6, 6.07) is 17.8. The van der Waals surface area contributed by atoms with Gasteiger partial charge in [-0.05, 0) is 68.8 Å². The molecule has 3 rings (SSSR count). The molecule has 0 fully saturated rings. The largest absolute Gasteiger partial charge is 0.318 e. The van der Waals surface area contributed by atoms with E-state index >= 15 is 0 Å². The van der Waals surface area contributed by atoms with Crippen LogP contribution in [0.5, 0.6) is 0 Å². The molecule has 0 saturated carbocycles. The number of carbonyl (C=O) groups excluding carboxylic acids is 1. The lowest BCUT2D eigenvalue weighted by Crippen LogP contribution is -2.19. The Kier molecular flexibility index (Phi) is 6.60. The molecule has 2 aromatic carbocycles. The van der Waals surface area contributed by atoms with E-state index in [0.29, 0.717) is 10.8 Å². The summed E-state index contributed by atoms with van der Waals surface area (Å²) in [7, 11) is 0. The summed E-state index contributed by atoms with van der Waals surface area (Å²) in [6.45, 7) is 6.19. The minimum atomic E-state index is -0.149. The number of aryl methyl sites for hydroxylation is 2. The molecule has 1 amide bonds. The third kappa shape index (κ3) is 5.06. The van der Waals surface area contributed by atoms with E-state index in [0.717, 1.165) is 27.5 Å². The molecule has 6 heteroatoms. The number of amides is 1. The predicted molar refractivity (Wildman–Crippen MR) is 118 cm³/mol. The first-order chi connectivity index (χ1) is 13.4. The highest BCUT2D eigenvalue weighted by Gasteiger charge is 2.09. The Labute approximate surface area is 174 Å². The number of thioether (sulfide) groups is 1. The normalized spacial score (nSPS) is 11.1. The molecule has 3 aromatic rings. The van der Waals surface area contributed by atoms with Crippen LogP contribution >= 0.6 is 23.4 Å². The van der Waals surface area contributed by atoms with Crippen molar-refractivity contribution in [3.05, 3.63) is 82.1 Å². The summed E-state index contributed by atoms with van der Waals surface area (Å²) in [5.74, 6) is 0.144. The molecule has 0 aliphatic heterocycles. The Hall–Kier alpha value is -2.50. The molecule has 0 aliphatic carbocycles. The average Bonchev–Trinajstić information content (AvgIpc) is 2.95. The number of hydrogen-bond acceptors (Lipinski definition) is 3. The molecular formula is C22H22ClN3OS. The zero-order chi connectivity index (χ0) is 20.1. The first-order valence-corrected chi connectivity index (χ1v) is 10.3. The van der Waals surface area contributed by atoms with Crippen LogP contribution < -0.4 is 5.43 Å². The quantitative estimate of drug-likeness (QED) is 0.340. The maximum atomic E-state index is 12.0. The van der Waals surface area contributed by atoms with Gasteiger partial charge in [-0.1, -0.05) is 23.7 Å². The number of nitrogens with one attached hydrogen (secondary N) is 1. The highest BCUT2D eigenvalue weighted by atomic mass is 35.5. The molecule has 0 spiro atoms. The zero-order valence-corrected chi connectivity index (χ0v) is 17.6. The highest BCUT2D eigenvalue weighted by molar-refractivity contribution is 8.00. The van der Waals surface area contributed by atoms with Gasteiger partial charge < -0.3 is 4.57 Å². The van der Waals surface area contributed by atoms with Crippen LogP contribution in [0.2, 0.25) is 5.02 Å². The Bertz CT molecular complexity index is 1010. The molecule has 0 bridgehead atoms. The molecule has 144 valence electrons. The molecule has 0 radical (unpaired) electrons. The molecule has 0 aliphatic rings. The number of halogens is 1. The maximum Gasteiger partial charge on any atom is 0.250 e. The summed E-state index contributed by atoms with van der Waals surface area (Å²) in [5.41, 5.74) is 8.11. The Morgan fingerprint density at radius 3 is 2.61 bits per heavy atom. The van der Waals surface area contributed by atoms with Crippen LogP contribution in [0.1, 0.15) is 22.5 Å². The Morgan fingerprint density at radius 2 is 1.89 bits per heavy atom. The summed E-state index contributed by atoms with van der Waals surface area (Å²) in [5, 5.41) is 4.80. The second-order valence-corrected chi connectivity index (χ2v) is 8.02. The van der Waals surface area contributed by atoms with Gasteiger partial charge in [-0.15, -0.1) is 11.8 Å². The molecule has 0 unspecified atom stereocenters. The molecular weight excluding hydrogens is 390 g/mol. The third-order valence-electron chi connectivity index (χ3n) is 4.31. The first kappa shape index (κ1) is 20.2. The number of hydrogen-bond donors (Lipinski definition) is 1. The van der Waals surface area contributed by atoms with Crippen molar-refractivity contribution >= 4 is 35.5 Å². The van der Waals surface area contributed by atoms with E-state index in [1.807, 2.05) is 24.3 Å². The molecule has 28 heavy (non-hydrogen) atoms. The number of benzene rings is 2. The van der Waals surface area contributed by atoms with E-state index in [9.17, 15) is 4.79 Å². The fourth-order valence-corrected chi connectivity index (χ4v) is 3.79. The minimum absolute atomic E-state index is 0.149. The molecule has 4 nitrogen and oxygen atoms in total. The molecule has 0 atom stereocenters. The van der Waals surface area contributed by atoms with Gasteiger partial charge in [0.15, 0.2) is 0 Å². The van der Waals surface area contributed by atoms with Crippen molar-refractivity contribution in [2.45, 2.75) is 25.7 Å². The van der Waals surface area contributed by atoms with Crippen molar-refractivity contribution in [1.29, 1.82) is 0 Å². The smallest absolute Gasteiger partial charge is 0.250 e. The van der Waals surface area contributed by atoms with Gasteiger partial charge in [0.25, 0.3) is 0 Å². The lowest BCUT2D eigenvalue weighted by molar-refractivity contribution is -0.118. The van der Waals surface area contributed by atoms with E-state index in [4.69, 9.17) is 11.6 Å². The molecule has 0 saturated heterocycles. The average molecular weight is 412 g/mol. The topological polar surface area (TPSA) is 46.4 Å². The van der Waals surface area contributed by atoms with Crippen LogP contribution in [0.25, 0.3) is 5.69 Å². The highest BCUT2D eigenvalue weighted by Crippen LogP contribution is 2.21.